The first kappa shape index (κ1) is 17.2. The van der Waals surface area contributed by atoms with Crippen molar-refractivity contribution in [2.75, 3.05) is 18.0 Å². The van der Waals surface area contributed by atoms with E-state index in [0.717, 1.165) is 22.4 Å². The number of urea groups is 1. The molecule has 9 nitrogen and oxygen atoms in total. The van der Waals surface area contributed by atoms with E-state index in [1.807, 2.05) is 24.3 Å². The summed E-state index contributed by atoms with van der Waals surface area (Å²) in [6.45, 7) is 1.70. The molecule has 1 saturated heterocycles. The van der Waals surface area contributed by atoms with Crippen LogP contribution in [0.15, 0.2) is 42.6 Å². The highest BCUT2D eigenvalue weighted by Crippen LogP contribution is 2.36. The monoisotopic (exact) mass is 390 g/mol. The molecule has 3 aromatic rings. The number of anilines is 1. The van der Waals surface area contributed by atoms with Gasteiger partial charge in [0.2, 0.25) is 11.8 Å². The van der Waals surface area contributed by atoms with Crippen molar-refractivity contribution in [2.45, 2.75) is 13.2 Å². The number of benzene rings is 1. The van der Waals surface area contributed by atoms with Crippen molar-refractivity contribution >= 4 is 17.8 Å². The number of rotatable bonds is 4. The van der Waals surface area contributed by atoms with Crippen molar-refractivity contribution in [3.8, 4) is 17.0 Å². The Balaban J connectivity index is 1.38. The number of nitrogens with one attached hydrogen (secondary N) is 1. The molecule has 2 aliphatic heterocycles. The number of nitrogens with two attached hydrogens (primary N) is 1. The number of aromatic nitrogens is 3. The fourth-order valence-electron chi connectivity index (χ4n) is 3.74. The van der Waals surface area contributed by atoms with Crippen LogP contribution >= 0.6 is 0 Å². The number of H-pyrrole nitrogens is 1. The summed E-state index contributed by atoms with van der Waals surface area (Å²) in [5.74, 6) is 0.518. The summed E-state index contributed by atoms with van der Waals surface area (Å²) in [7, 11) is 0. The van der Waals surface area contributed by atoms with Gasteiger partial charge in [0.15, 0.2) is 0 Å². The number of hydrogen-bond donors (Lipinski definition) is 2. The molecule has 3 N–H and O–H groups in total. The number of aromatic amines is 1. The van der Waals surface area contributed by atoms with E-state index < -0.39 is 5.91 Å². The molecule has 0 spiro atoms. The molecule has 0 aliphatic carbocycles. The number of hydrogen-bond acceptors (Lipinski definition) is 5. The molecule has 0 unspecified atom stereocenters. The highest BCUT2D eigenvalue weighted by molar-refractivity contribution is 5.95. The van der Waals surface area contributed by atoms with E-state index in [1.54, 1.807) is 28.1 Å². The lowest BCUT2D eigenvalue weighted by Crippen LogP contribution is -2.32. The molecule has 146 valence electrons. The number of fused-ring (bicyclic) bond motifs is 3. The van der Waals surface area contributed by atoms with Crippen molar-refractivity contribution in [3.63, 3.8) is 0 Å². The van der Waals surface area contributed by atoms with E-state index in [9.17, 15) is 9.59 Å². The van der Waals surface area contributed by atoms with Crippen LogP contribution in [0.1, 0.15) is 21.6 Å². The first-order valence-corrected chi connectivity index (χ1v) is 9.22. The van der Waals surface area contributed by atoms with E-state index in [4.69, 9.17) is 10.5 Å². The van der Waals surface area contributed by atoms with Gasteiger partial charge in [0.1, 0.15) is 12.4 Å². The van der Waals surface area contributed by atoms with E-state index in [-0.39, 0.29) is 6.03 Å². The molecule has 9 heteroatoms. The SMILES string of the molecule is NC(=O)c1ccccc1CN1CCN(c2ccc3c(n2)OCc2[nH]ncc2-3)C1=O. The second-order valence-corrected chi connectivity index (χ2v) is 6.95. The number of nitrogens with zero attached hydrogens (tertiary/aromatic N) is 4. The van der Waals surface area contributed by atoms with E-state index in [1.165, 1.54) is 0 Å². The maximum Gasteiger partial charge on any atom is 0.326 e. The minimum atomic E-state index is -0.503. The van der Waals surface area contributed by atoms with E-state index >= 15 is 0 Å². The summed E-state index contributed by atoms with van der Waals surface area (Å²) in [6, 6.07) is 10.6. The maximum absolute atomic E-state index is 13.0. The van der Waals surface area contributed by atoms with Gasteiger partial charge in [-0.15, -0.1) is 0 Å². The van der Waals surface area contributed by atoms with Gasteiger partial charge in [-0.25, -0.2) is 4.79 Å². The van der Waals surface area contributed by atoms with Crippen LogP contribution in [0.3, 0.4) is 0 Å². The van der Waals surface area contributed by atoms with Crippen LogP contribution in [0.5, 0.6) is 5.88 Å². The molecule has 4 heterocycles. The second kappa shape index (κ2) is 6.62. The highest BCUT2D eigenvalue weighted by atomic mass is 16.5. The Hall–Kier alpha value is -3.88. The predicted octanol–water partition coefficient (Wildman–Crippen LogP) is 1.91. The lowest BCUT2D eigenvalue weighted by molar-refractivity contribution is 0.0998. The van der Waals surface area contributed by atoms with Crippen molar-refractivity contribution in [1.29, 1.82) is 0 Å². The van der Waals surface area contributed by atoms with Crippen LogP contribution in [-0.2, 0) is 13.2 Å². The number of ether oxygens (including phenoxy) is 1. The molecule has 1 fully saturated rings. The number of carbonyl (C=O) groups excluding carboxylic acids is 2. The number of carbonyl (C=O) groups is 2. The molecule has 1 aromatic carbocycles. The Morgan fingerprint density at radius 1 is 1.17 bits per heavy atom. The Labute approximate surface area is 166 Å². The van der Waals surface area contributed by atoms with Gasteiger partial charge in [-0.05, 0) is 23.8 Å². The van der Waals surface area contributed by atoms with Crippen LogP contribution in [0, 0.1) is 0 Å². The van der Waals surface area contributed by atoms with Gasteiger partial charge in [-0.2, -0.15) is 10.1 Å². The lowest BCUT2D eigenvalue weighted by atomic mass is 10.1. The standard InChI is InChI=1S/C20H18N6O3/c21-18(27)13-4-2-1-3-12(13)10-25-7-8-26(20(25)28)17-6-5-14-15-9-22-24-16(15)11-29-19(14)23-17/h1-6,9H,7-8,10-11H2,(H2,21,27)(H,22,24). The minimum Gasteiger partial charge on any atom is -0.471 e. The van der Waals surface area contributed by atoms with Crippen LogP contribution in [0.4, 0.5) is 10.6 Å². The fraction of sp³-hybridized carbons (Fsp3) is 0.200. The molecule has 0 atom stereocenters. The number of pyridine rings is 1. The quantitative estimate of drug-likeness (QED) is 0.706. The van der Waals surface area contributed by atoms with Gasteiger partial charge < -0.3 is 15.4 Å². The van der Waals surface area contributed by atoms with Crippen molar-refractivity contribution in [3.05, 3.63) is 59.4 Å². The normalized spacial score (nSPS) is 15.1. The van der Waals surface area contributed by atoms with Crippen LogP contribution in [-0.4, -0.2) is 45.1 Å². The Morgan fingerprint density at radius 3 is 2.90 bits per heavy atom. The third-order valence-electron chi connectivity index (χ3n) is 5.22. The average molecular weight is 390 g/mol. The summed E-state index contributed by atoms with van der Waals surface area (Å²) >= 11 is 0. The van der Waals surface area contributed by atoms with Gasteiger partial charge in [0.05, 0.1) is 11.9 Å². The van der Waals surface area contributed by atoms with E-state index in [2.05, 4.69) is 15.2 Å². The van der Waals surface area contributed by atoms with Gasteiger partial charge in [0, 0.05) is 36.3 Å². The highest BCUT2D eigenvalue weighted by Gasteiger charge is 2.32. The fourth-order valence-corrected chi connectivity index (χ4v) is 3.74. The lowest BCUT2D eigenvalue weighted by Gasteiger charge is -2.21. The van der Waals surface area contributed by atoms with Crippen LogP contribution in [0.25, 0.3) is 11.1 Å². The minimum absolute atomic E-state index is 0.170. The van der Waals surface area contributed by atoms with Crippen LogP contribution < -0.4 is 15.4 Å². The molecule has 5 rings (SSSR count). The summed E-state index contributed by atoms with van der Waals surface area (Å²) < 4.78 is 5.72. The first-order chi connectivity index (χ1) is 14.1. The maximum atomic E-state index is 13.0. The average Bonchev–Trinajstić information content (AvgIpc) is 3.35. The topological polar surface area (TPSA) is 117 Å². The van der Waals surface area contributed by atoms with Crippen molar-refractivity contribution in [1.82, 2.24) is 20.1 Å². The Kier molecular flexibility index (Phi) is 3.94. The third kappa shape index (κ3) is 2.87. The summed E-state index contributed by atoms with van der Waals surface area (Å²) in [6.07, 6.45) is 1.75. The molecule has 0 saturated carbocycles. The largest absolute Gasteiger partial charge is 0.471 e. The van der Waals surface area contributed by atoms with Gasteiger partial charge >= 0.3 is 6.03 Å². The van der Waals surface area contributed by atoms with Gasteiger partial charge in [-0.3, -0.25) is 14.8 Å². The zero-order valence-electron chi connectivity index (χ0n) is 15.5. The molecular formula is C20H18N6O3. The third-order valence-corrected chi connectivity index (χ3v) is 5.22. The van der Waals surface area contributed by atoms with Gasteiger partial charge in [-0.1, -0.05) is 18.2 Å². The summed E-state index contributed by atoms with van der Waals surface area (Å²) in [5.41, 5.74) is 9.32. The van der Waals surface area contributed by atoms with Gasteiger partial charge in [0.25, 0.3) is 0 Å². The Bertz CT molecular complexity index is 1120. The molecular weight excluding hydrogens is 372 g/mol. The summed E-state index contributed by atoms with van der Waals surface area (Å²) in [5, 5.41) is 6.96. The molecule has 0 radical (unpaired) electrons. The molecule has 29 heavy (non-hydrogen) atoms. The van der Waals surface area contributed by atoms with Crippen LogP contribution in [0.2, 0.25) is 0 Å². The number of primary amides is 1. The number of amides is 3. The molecule has 3 amide bonds. The Morgan fingerprint density at radius 2 is 2.03 bits per heavy atom. The van der Waals surface area contributed by atoms with Crippen molar-refractivity contribution in [2.24, 2.45) is 5.73 Å². The zero-order chi connectivity index (χ0) is 20.0. The van der Waals surface area contributed by atoms with Crippen molar-refractivity contribution < 1.29 is 14.3 Å². The predicted molar refractivity (Wildman–Crippen MR) is 104 cm³/mol. The smallest absolute Gasteiger partial charge is 0.326 e. The molecule has 0 bridgehead atoms. The first-order valence-electron chi connectivity index (χ1n) is 9.22. The summed E-state index contributed by atoms with van der Waals surface area (Å²) in [4.78, 5) is 32.4. The second-order valence-electron chi connectivity index (χ2n) is 6.95. The molecule has 2 aromatic heterocycles. The zero-order valence-corrected chi connectivity index (χ0v) is 15.5. The molecule has 2 aliphatic rings. The van der Waals surface area contributed by atoms with E-state index in [0.29, 0.717) is 43.5 Å².